The highest BCUT2D eigenvalue weighted by molar-refractivity contribution is 5.72. The molecule has 0 amide bonds. The Hall–Kier alpha value is -2.46. The van der Waals surface area contributed by atoms with Crippen LogP contribution < -0.4 is 4.74 Å². The Kier molecular flexibility index (Phi) is 24.2. The summed E-state index contributed by atoms with van der Waals surface area (Å²) in [5.41, 5.74) is 0. The van der Waals surface area contributed by atoms with Gasteiger partial charge in [-0.05, 0) is 0 Å². The lowest BCUT2D eigenvalue weighted by molar-refractivity contribution is -0.136. The number of esters is 1. The van der Waals surface area contributed by atoms with E-state index in [9.17, 15) is 26.7 Å². The van der Waals surface area contributed by atoms with E-state index in [1.807, 2.05) is 0 Å². The first-order chi connectivity index (χ1) is 21.4. The molecule has 0 aliphatic rings. The van der Waals surface area contributed by atoms with Gasteiger partial charge < -0.3 is 47.4 Å². The summed E-state index contributed by atoms with van der Waals surface area (Å²) in [4.78, 5) is 11.6. The molecule has 1 aromatic carbocycles. The van der Waals surface area contributed by atoms with E-state index in [0.717, 1.165) is 0 Å². The molecule has 0 aliphatic heterocycles. The molecule has 44 heavy (non-hydrogen) atoms. The lowest BCUT2D eigenvalue weighted by Gasteiger charge is -2.09. The van der Waals surface area contributed by atoms with Crippen molar-refractivity contribution in [1.82, 2.24) is 0 Å². The number of rotatable bonds is 29. The topological polar surface area (TPSA) is 109 Å². The van der Waals surface area contributed by atoms with Gasteiger partial charge in [0, 0.05) is 0 Å². The van der Waals surface area contributed by atoms with Crippen molar-refractivity contribution in [3.63, 3.8) is 0 Å². The summed E-state index contributed by atoms with van der Waals surface area (Å²) in [7, 11) is 0. The molecule has 0 radical (unpaired) electrons. The number of terminal acetylenes is 1. The van der Waals surface area contributed by atoms with Crippen molar-refractivity contribution in [2.24, 2.45) is 0 Å². The lowest BCUT2D eigenvalue weighted by atomic mass is 10.2. The summed E-state index contributed by atoms with van der Waals surface area (Å²) < 4.78 is 118. The highest BCUT2D eigenvalue weighted by Crippen LogP contribution is 2.29. The summed E-state index contributed by atoms with van der Waals surface area (Å²) in [6.07, 6.45) is 4.57. The maximum Gasteiger partial charge on any atom is 0.313 e. The third kappa shape index (κ3) is 19.0. The van der Waals surface area contributed by atoms with Crippen LogP contribution in [-0.4, -0.2) is 125 Å². The highest BCUT2D eigenvalue weighted by atomic mass is 19.2. The second-order valence-electron chi connectivity index (χ2n) is 8.28. The molecule has 0 spiro atoms. The Morgan fingerprint density at radius 3 is 1.05 bits per heavy atom. The first-order valence-electron chi connectivity index (χ1n) is 13.7. The van der Waals surface area contributed by atoms with Gasteiger partial charge in [0.2, 0.25) is 34.8 Å². The van der Waals surface area contributed by atoms with Gasteiger partial charge in [0.05, 0.1) is 119 Å². The first kappa shape index (κ1) is 39.6. The molecule has 11 nitrogen and oxygen atoms in total. The molecule has 16 heteroatoms. The fourth-order valence-corrected chi connectivity index (χ4v) is 2.89. The lowest BCUT2D eigenvalue weighted by Crippen LogP contribution is -2.16. The van der Waals surface area contributed by atoms with Gasteiger partial charge in [0.1, 0.15) is 6.61 Å². The molecule has 0 saturated heterocycles. The van der Waals surface area contributed by atoms with Gasteiger partial charge in [-0.15, -0.1) is 6.42 Å². The Balaban J connectivity index is 1.80. The molecule has 0 atom stereocenters. The van der Waals surface area contributed by atoms with E-state index in [2.05, 4.69) is 10.7 Å². The van der Waals surface area contributed by atoms with Crippen LogP contribution >= 0.6 is 0 Å². The molecule has 0 aliphatic carbocycles. The van der Waals surface area contributed by atoms with Crippen LogP contribution in [0.1, 0.15) is 6.42 Å². The second-order valence-corrected chi connectivity index (χ2v) is 8.28. The number of benzene rings is 1. The number of halogens is 5. The van der Waals surface area contributed by atoms with Crippen molar-refractivity contribution in [2.45, 2.75) is 6.42 Å². The molecule has 0 unspecified atom stereocenters. The number of hydrogen-bond acceptors (Lipinski definition) is 11. The van der Waals surface area contributed by atoms with Crippen molar-refractivity contribution in [3.05, 3.63) is 29.1 Å². The number of ether oxygens (including phenoxy) is 10. The predicted molar refractivity (Wildman–Crippen MR) is 143 cm³/mol. The van der Waals surface area contributed by atoms with Crippen molar-refractivity contribution < 1.29 is 74.1 Å². The van der Waals surface area contributed by atoms with E-state index in [1.54, 1.807) is 0 Å². The highest BCUT2D eigenvalue weighted by Gasteiger charge is 2.28. The van der Waals surface area contributed by atoms with Crippen LogP contribution in [0.3, 0.4) is 0 Å². The average Bonchev–Trinajstić information content (AvgIpc) is 3.02. The van der Waals surface area contributed by atoms with Crippen LogP contribution in [-0.2, 0) is 47.4 Å². The zero-order chi connectivity index (χ0) is 32.3. The summed E-state index contributed by atoms with van der Waals surface area (Å²) in [6, 6.07) is 0. The molecule has 252 valence electrons. The maximum atomic E-state index is 13.5. The smallest absolute Gasteiger partial charge is 0.313 e. The number of hydrogen-bond donors (Lipinski definition) is 0. The Morgan fingerprint density at radius 1 is 0.455 bits per heavy atom. The minimum atomic E-state index is -2.35. The van der Waals surface area contributed by atoms with E-state index in [0.29, 0.717) is 85.9 Å². The van der Waals surface area contributed by atoms with Gasteiger partial charge in [-0.3, -0.25) is 4.79 Å². The maximum absolute atomic E-state index is 13.5. The van der Waals surface area contributed by atoms with Gasteiger partial charge in [0.25, 0.3) is 0 Å². The van der Waals surface area contributed by atoms with E-state index in [-0.39, 0.29) is 33.0 Å². The van der Waals surface area contributed by atoms with Crippen LogP contribution in [0.2, 0.25) is 0 Å². The van der Waals surface area contributed by atoms with Gasteiger partial charge >= 0.3 is 5.97 Å². The summed E-state index contributed by atoms with van der Waals surface area (Å²) >= 11 is 0. The van der Waals surface area contributed by atoms with Crippen LogP contribution in [0.25, 0.3) is 0 Å². The first-order valence-corrected chi connectivity index (χ1v) is 13.7. The van der Waals surface area contributed by atoms with Gasteiger partial charge in [-0.2, -0.15) is 8.78 Å². The third-order valence-electron chi connectivity index (χ3n) is 5.00. The Labute approximate surface area is 253 Å². The van der Waals surface area contributed by atoms with Crippen LogP contribution in [0.5, 0.6) is 5.75 Å². The molecule has 1 aromatic rings. The van der Waals surface area contributed by atoms with Gasteiger partial charge in [0.15, 0.2) is 0 Å². The quantitative estimate of drug-likeness (QED) is 0.0244. The van der Waals surface area contributed by atoms with Crippen molar-refractivity contribution in [2.75, 3.05) is 119 Å². The van der Waals surface area contributed by atoms with Crippen molar-refractivity contribution in [1.29, 1.82) is 0 Å². The standard InChI is InChI=1S/C28H39F5O11/c1-2-4-35-6-8-37-10-12-39-14-16-41-18-20-43-21-19-42-17-15-40-13-11-38-9-7-36-5-3-22(34)44-28-26(32)24(30)23(29)25(31)27(28)33/h1H,3-21H2. The van der Waals surface area contributed by atoms with Crippen LogP contribution in [0.4, 0.5) is 22.0 Å². The minimum Gasteiger partial charge on any atom is -0.420 e. The fraction of sp³-hybridized carbons (Fsp3) is 0.679. The van der Waals surface area contributed by atoms with Gasteiger partial charge in [-0.25, -0.2) is 13.2 Å². The van der Waals surface area contributed by atoms with E-state index in [1.165, 1.54) is 0 Å². The van der Waals surface area contributed by atoms with E-state index >= 15 is 0 Å². The largest absolute Gasteiger partial charge is 0.420 e. The normalized spacial score (nSPS) is 11.2. The molecule has 1 rings (SSSR count). The van der Waals surface area contributed by atoms with Crippen LogP contribution in [0.15, 0.2) is 0 Å². The average molecular weight is 647 g/mol. The third-order valence-corrected chi connectivity index (χ3v) is 5.00. The number of carbonyl (C=O) groups is 1. The predicted octanol–water partition coefficient (Wildman–Crippen LogP) is 2.46. The molecule has 0 aromatic heterocycles. The minimum absolute atomic E-state index is 0.0821. The van der Waals surface area contributed by atoms with E-state index in [4.69, 9.17) is 49.1 Å². The molecule has 0 heterocycles. The molecular weight excluding hydrogens is 607 g/mol. The Bertz CT molecular complexity index is 921. The zero-order valence-corrected chi connectivity index (χ0v) is 24.4. The summed E-state index contributed by atoms with van der Waals surface area (Å²) in [6.45, 7) is 6.11. The van der Waals surface area contributed by atoms with Crippen molar-refractivity contribution >= 4 is 5.97 Å². The van der Waals surface area contributed by atoms with E-state index < -0.39 is 47.2 Å². The monoisotopic (exact) mass is 646 g/mol. The molecule has 0 bridgehead atoms. The SMILES string of the molecule is C#CCOCCOCCOCCOCCOCCOCCOCCOCCOCCC(=O)Oc1c(F)c(F)c(F)c(F)c1F. The molecular formula is C28H39F5O11. The fourth-order valence-electron chi connectivity index (χ4n) is 2.89. The summed E-state index contributed by atoms with van der Waals surface area (Å²) in [5.74, 6) is -11.8. The summed E-state index contributed by atoms with van der Waals surface area (Å²) in [5, 5.41) is 0. The second kappa shape index (κ2) is 26.9. The molecule has 0 N–H and O–H groups in total. The Morgan fingerprint density at radius 2 is 0.727 bits per heavy atom. The van der Waals surface area contributed by atoms with Gasteiger partial charge in [-0.1, -0.05) is 5.92 Å². The van der Waals surface area contributed by atoms with Crippen LogP contribution in [0, 0.1) is 41.4 Å². The number of carbonyl (C=O) groups excluding carboxylic acids is 1. The molecule has 0 fully saturated rings. The molecule has 0 saturated carbocycles. The zero-order valence-electron chi connectivity index (χ0n) is 24.4. The van der Waals surface area contributed by atoms with Crippen molar-refractivity contribution in [3.8, 4) is 18.1 Å².